The van der Waals surface area contributed by atoms with Crippen LogP contribution in [0.2, 0.25) is 0 Å². The van der Waals surface area contributed by atoms with E-state index >= 15 is 0 Å². The molecule has 1 atom stereocenters. The summed E-state index contributed by atoms with van der Waals surface area (Å²) in [6.45, 7) is 2.19. The molecule has 2 heteroatoms. The van der Waals surface area contributed by atoms with Crippen molar-refractivity contribution in [1.82, 2.24) is 0 Å². The molecule has 13 heavy (non-hydrogen) atoms. The fourth-order valence-electron chi connectivity index (χ4n) is 1.29. The van der Waals surface area contributed by atoms with Crippen LogP contribution < -0.4 is 5.73 Å². The van der Waals surface area contributed by atoms with Gasteiger partial charge in [-0.1, -0.05) is 50.1 Å². The Hall–Kier alpha value is -0.530. The molecule has 0 amide bonds. The Kier molecular flexibility index (Phi) is 6.65. The zero-order chi connectivity index (χ0) is 8.81. The minimum Gasteiger partial charge on any atom is -0.324 e. The SMILES string of the molecule is CCCC[C@H](N)c1ccccc1.Cl. The number of hydrogen-bond acceptors (Lipinski definition) is 1. The largest absolute Gasteiger partial charge is 0.324 e. The molecule has 0 aromatic heterocycles. The number of rotatable bonds is 4. The van der Waals surface area contributed by atoms with E-state index in [9.17, 15) is 0 Å². The Morgan fingerprint density at radius 2 is 1.85 bits per heavy atom. The van der Waals surface area contributed by atoms with Gasteiger partial charge in [-0.15, -0.1) is 12.4 Å². The summed E-state index contributed by atoms with van der Waals surface area (Å²) in [5.41, 5.74) is 7.24. The maximum absolute atomic E-state index is 5.98. The fourth-order valence-corrected chi connectivity index (χ4v) is 1.29. The summed E-state index contributed by atoms with van der Waals surface area (Å²) in [6, 6.07) is 10.5. The summed E-state index contributed by atoms with van der Waals surface area (Å²) in [6.07, 6.45) is 3.54. The van der Waals surface area contributed by atoms with Gasteiger partial charge in [0.25, 0.3) is 0 Å². The predicted molar refractivity (Wildman–Crippen MR) is 60.1 cm³/mol. The lowest BCUT2D eigenvalue weighted by atomic mass is 10.0. The molecule has 2 N–H and O–H groups in total. The highest BCUT2D eigenvalue weighted by atomic mass is 35.5. The van der Waals surface area contributed by atoms with Crippen LogP contribution in [0.4, 0.5) is 0 Å². The topological polar surface area (TPSA) is 26.0 Å². The third-order valence-electron chi connectivity index (χ3n) is 2.10. The Labute approximate surface area is 86.7 Å². The molecule has 0 aliphatic carbocycles. The Morgan fingerprint density at radius 3 is 2.38 bits per heavy atom. The molecule has 0 bridgehead atoms. The summed E-state index contributed by atoms with van der Waals surface area (Å²) in [7, 11) is 0. The molecule has 1 aromatic carbocycles. The fraction of sp³-hybridized carbons (Fsp3) is 0.455. The van der Waals surface area contributed by atoms with Crippen LogP contribution in [0.1, 0.15) is 37.8 Å². The van der Waals surface area contributed by atoms with E-state index < -0.39 is 0 Å². The van der Waals surface area contributed by atoms with Crippen molar-refractivity contribution in [3.8, 4) is 0 Å². The van der Waals surface area contributed by atoms with E-state index in [-0.39, 0.29) is 18.4 Å². The van der Waals surface area contributed by atoms with Crippen molar-refractivity contribution < 1.29 is 0 Å². The lowest BCUT2D eigenvalue weighted by Crippen LogP contribution is -2.09. The molecule has 0 heterocycles. The average molecular weight is 200 g/mol. The summed E-state index contributed by atoms with van der Waals surface area (Å²) in [5, 5.41) is 0. The minimum atomic E-state index is 0. The molecule has 0 radical (unpaired) electrons. The molecule has 0 unspecified atom stereocenters. The summed E-state index contributed by atoms with van der Waals surface area (Å²) >= 11 is 0. The van der Waals surface area contributed by atoms with Gasteiger partial charge >= 0.3 is 0 Å². The van der Waals surface area contributed by atoms with Gasteiger partial charge in [0.2, 0.25) is 0 Å². The van der Waals surface area contributed by atoms with Crippen molar-refractivity contribution in [3.05, 3.63) is 35.9 Å². The highest BCUT2D eigenvalue weighted by Gasteiger charge is 2.02. The molecule has 0 spiro atoms. The lowest BCUT2D eigenvalue weighted by Gasteiger charge is -2.10. The number of benzene rings is 1. The van der Waals surface area contributed by atoms with E-state index in [4.69, 9.17) is 5.73 Å². The van der Waals surface area contributed by atoms with E-state index in [1.54, 1.807) is 0 Å². The first-order valence-electron chi connectivity index (χ1n) is 4.65. The van der Waals surface area contributed by atoms with Crippen LogP contribution in [-0.4, -0.2) is 0 Å². The van der Waals surface area contributed by atoms with Gasteiger partial charge in [-0.25, -0.2) is 0 Å². The molecule has 0 aliphatic rings. The van der Waals surface area contributed by atoms with Crippen molar-refractivity contribution in [3.63, 3.8) is 0 Å². The van der Waals surface area contributed by atoms with Gasteiger partial charge in [0.05, 0.1) is 0 Å². The van der Waals surface area contributed by atoms with E-state index in [1.165, 1.54) is 18.4 Å². The number of nitrogens with two attached hydrogens (primary N) is 1. The van der Waals surface area contributed by atoms with Gasteiger partial charge in [0.15, 0.2) is 0 Å². The van der Waals surface area contributed by atoms with E-state index in [2.05, 4.69) is 19.1 Å². The second kappa shape index (κ2) is 6.93. The second-order valence-corrected chi connectivity index (χ2v) is 3.16. The van der Waals surface area contributed by atoms with Gasteiger partial charge in [-0.05, 0) is 12.0 Å². The minimum absolute atomic E-state index is 0. The van der Waals surface area contributed by atoms with Crippen molar-refractivity contribution in [2.75, 3.05) is 0 Å². The maximum atomic E-state index is 5.98. The second-order valence-electron chi connectivity index (χ2n) is 3.16. The Balaban J connectivity index is 0.00000144. The predicted octanol–water partition coefficient (Wildman–Crippen LogP) is 3.30. The van der Waals surface area contributed by atoms with Crippen LogP contribution in [0.5, 0.6) is 0 Å². The summed E-state index contributed by atoms with van der Waals surface area (Å²) < 4.78 is 0. The monoisotopic (exact) mass is 199 g/mol. The van der Waals surface area contributed by atoms with Crippen LogP contribution in [0.3, 0.4) is 0 Å². The standard InChI is InChI=1S/C11H17N.ClH/c1-2-3-9-11(12)10-7-5-4-6-8-10;/h4-8,11H,2-3,9,12H2,1H3;1H/t11-;/m0./s1. The van der Waals surface area contributed by atoms with E-state index in [0.29, 0.717) is 0 Å². The van der Waals surface area contributed by atoms with Crippen molar-refractivity contribution in [2.24, 2.45) is 5.73 Å². The van der Waals surface area contributed by atoms with Crippen LogP contribution in [0.15, 0.2) is 30.3 Å². The van der Waals surface area contributed by atoms with Crippen molar-refractivity contribution in [2.45, 2.75) is 32.2 Å². The zero-order valence-electron chi connectivity index (χ0n) is 8.07. The number of halogens is 1. The molecule has 0 aliphatic heterocycles. The van der Waals surface area contributed by atoms with E-state index in [0.717, 1.165) is 6.42 Å². The third kappa shape index (κ3) is 4.30. The van der Waals surface area contributed by atoms with Crippen LogP contribution in [0, 0.1) is 0 Å². The van der Waals surface area contributed by atoms with Gasteiger partial charge in [0, 0.05) is 6.04 Å². The highest BCUT2D eigenvalue weighted by Crippen LogP contribution is 2.15. The summed E-state index contributed by atoms with van der Waals surface area (Å²) in [5.74, 6) is 0. The first-order valence-corrected chi connectivity index (χ1v) is 4.65. The van der Waals surface area contributed by atoms with Crippen LogP contribution >= 0.6 is 12.4 Å². The third-order valence-corrected chi connectivity index (χ3v) is 2.10. The first kappa shape index (κ1) is 12.5. The first-order chi connectivity index (χ1) is 5.84. The molecule has 1 nitrogen and oxygen atoms in total. The van der Waals surface area contributed by atoms with Crippen molar-refractivity contribution in [1.29, 1.82) is 0 Å². The molecule has 0 fully saturated rings. The van der Waals surface area contributed by atoms with Crippen molar-refractivity contribution >= 4 is 12.4 Å². The molecule has 1 rings (SSSR count). The van der Waals surface area contributed by atoms with E-state index in [1.807, 2.05) is 18.2 Å². The Bertz CT molecular complexity index is 211. The quantitative estimate of drug-likeness (QED) is 0.792. The van der Waals surface area contributed by atoms with Crippen LogP contribution in [-0.2, 0) is 0 Å². The Morgan fingerprint density at radius 1 is 1.23 bits per heavy atom. The van der Waals surface area contributed by atoms with Gasteiger partial charge < -0.3 is 5.73 Å². The highest BCUT2D eigenvalue weighted by molar-refractivity contribution is 5.85. The molecule has 0 saturated heterocycles. The smallest absolute Gasteiger partial charge is 0.0294 e. The molecule has 1 aromatic rings. The van der Waals surface area contributed by atoms with Gasteiger partial charge in [-0.2, -0.15) is 0 Å². The maximum Gasteiger partial charge on any atom is 0.0294 e. The van der Waals surface area contributed by atoms with Crippen LogP contribution in [0.25, 0.3) is 0 Å². The van der Waals surface area contributed by atoms with Gasteiger partial charge in [0.1, 0.15) is 0 Å². The molecular weight excluding hydrogens is 182 g/mol. The molecule has 74 valence electrons. The number of unbranched alkanes of at least 4 members (excludes halogenated alkanes) is 1. The normalized spacial score (nSPS) is 11.8. The zero-order valence-corrected chi connectivity index (χ0v) is 8.89. The average Bonchev–Trinajstić information content (AvgIpc) is 2.15. The molecular formula is C11H18ClN. The summed E-state index contributed by atoms with van der Waals surface area (Å²) in [4.78, 5) is 0. The van der Waals surface area contributed by atoms with Gasteiger partial charge in [-0.3, -0.25) is 0 Å². The number of hydrogen-bond donors (Lipinski definition) is 1. The molecule has 0 saturated carbocycles. The lowest BCUT2D eigenvalue weighted by molar-refractivity contribution is 0.603.